The molecule has 346 valence electrons. The second-order valence-electron chi connectivity index (χ2n) is 16.7. The number of pyridine rings is 3. The summed E-state index contributed by atoms with van der Waals surface area (Å²) >= 11 is 0. The van der Waals surface area contributed by atoms with Crippen molar-refractivity contribution in [2.75, 3.05) is 61.3 Å². The van der Waals surface area contributed by atoms with Crippen LogP contribution < -0.4 is 31.5 Å². The zero-order valence-corrected chi connectivity index (χ0v) is 36.1. The summed E-state index contributed by atoms with van der Waals surface area (Å²) in [6.45, 7) is 0.877. The molecule has 7 heterocycles. The lowest BCUT2D eigenvalue weighted by Crippen LogP contribution is -2.54. The van der Waals surface area contributed by atoms with Gasteiger partial charge in [-0.3, -0.25) is 48.8 Å². The minimum atomic E-state index is -2.83. The standard InChI is InChI=1S/C46H46F2N12O7/c47-46(48)11-17-59(26-46)37-21-29(20-36(56-37)55-35-18-27(22-49)8-14-51-35)28-9-15-58(16-10-28)43(65)31-19-30(23-50-24-31)41(63)53-13-2-1-12-52-39(62)25-54-33-5-3-4-32-40(33)45(67)60(44(32)66)34-6-7-38(61)57-42(34)64/h3-5,8,14,18-21,23-24,28,34,54H,1-2,6-7,9-13,15-17,25-26H2,(H,52,62)(H,53,63)(H,51,55,56)(H,57,61,64). The highest BCUT2D eigenvalue weighted by molar-refractivity contribution is 6.25. The first kappa shape index (κ1) is 45.7. The Hall–Kier alpha value is -7.89. The van der Waals surface area contributed by atoms with Gasteiger partial charge in [0.15, 0.2) is 0 Å². The fourth-order valence-corrected chi connectivity index (χ4v) is 8.59. The molecular formula is C46H46F2N12O7. The predicted octanol–water partition coefficient (Wildman–Crippen LogP) is 3.49. The van der Waals surface area contributed by atoms with E-state index in [-0.39, 0.29) is 84.6 Å². The van der Waals surface area contributed by atoms with Gasteiger partial charge in [0.25, 0.3) is 29.6 Å². The van der Waals surface area contributed by atoms with Crippen molar-refractivity contribution in [1.29, 1.82) is 5.26 Å². The summed E-state index contributed by atoms with van der Waals surface area (Å²) in [5, 5.41) is 23.1. The fraction of sp³-hybridized carbons (Fsp3) is 0.370. The molecule has 0 radical (unpaired) electrons. The summed E-state index contributed by atoms with van der Waals surface area (Å²) < 4.78 is 28.5. The average Bonchev–Trinajstić information content (AvgIpc) is 3.83. The molecule has 21 heteroatoms. The van der Waals surface area contributed by atoms with Crippen LogP contribution in [-0.2, 0) is 14.4 Å². The van der Waals surface area contributed by atoms with Crippen LogP contribution >= 0.6 is 0 Å². The Morgan fingerprint density at radius 1 is 0.896 bits per heavy atom. The fourth-order valence-electron chi connectivity index (χ4n) is 8.59. The van der Waals surface area contributed by atoms with Crippen LogP contribution in [0.25, 0.3) is 0 Å². The van der Waals surface area contributed by atoms with Crippen LogP contribution in [0, 0.1) is 11.3 Å². The van der Waals surface area contributed by atoms with Crippen molar-refractivity contribution >= 4 is 64.5 Å². The molecule has 1 atom stereocenters. The van der Waals surface area contributed by atoms with Gasteiger partial charge < -0.3 is 31.1 Å². The number of halogens is 2. The highest BCUT2D eigenvalue weighted by Gasteiger charge is 2.46. The number of nitrogens with zero attached hydrogens (tertiary/aromatic N) is 7. The first-order valence-electron chi connectivity index (χ1n) is 21.9. The molecule has 8 rings (SSSR count). The molecule has 5 N–H and O–H groups in total. The normalized spacial score (nSPS) is 18.0. The minimum absolute atomic E-state index is 0.00421. The van der Waals surface area contributed by atoms with E-state index in [1.165, 1.54) is 30.7 Å². The van der Waals surface area contributed by atoms with Gasteiger partial charge in [0.05, 0.1) is 47.0 Å². The molecule has 0 saturated carbocycles. The van der Waals surface area contributed by atoms with E-state index in [1.54, 1.807) is 34.1 Å². The van der Waals surface area contributed by atoms with Crippen molar-refractivity contribution in [2.45, 2.75) is 62.8 Å². The van der Waals surface area contributed by atoms with Crippen LogP contribution in [0.1, 0.15) is 103 Å². The van der Waals surface area contributed by atoms with Crippen LogP contribution in [0.5, 0.6) is 0 Å². The van der Waals surface area contributed by atoms with Crippen LogP contribution in [0.4, 0.5) is 31.9 Å². The van der Waals surface area contributed by atoms with E-state index in [4.69, 9.17) is 0 Å². The van der Waals surface area contributed by atoms with E-state index in [0.29, 0.717) is 68.3 Å². The Kier molecular flexibility index (Phi) is 13.4. The quantitative estimate of drug-likeness (QED) is 0.0846. The van der Waals surface area contributed by atoms with Gasteiger partial charge in [-0.15, -0.1) is 0 Å². The first-order chi connectivity index (χ1) is 32.3. The average molecular weight is 917 g/mol. The monoisotopic (exact) mass is 916 g/mol. The summed E-state index contributed by atoms with van der Waals surface area (Å²) in [5.41, 5.74) is 2.12. The van der Waals surface area contributed by atoms with E-state index < -0.39 is 48.0 Å². The maximum Gasteiger partial charge on any atom is 0.266 e. The molecule has 4 aliphatic heterocycles. The van der Waals surface area contributed by atoms with E-state index in [0.717, 1.165) is 10.5 Å². The molecule has 19 nitrogen and oxygen atoms in total. The van der Waals surface area contributed by atoms with Crippen molar-refractivity contribution in [2.24, 2.45) is 0 Å². The molecule has 67 heavy (non-hydrogen) atoms. The number of piperidine rings is 2. The van der Waals surface area contributed by atoms with Gasteiger partial charge in [-0.25, -0.2) is 18.7 Å². The van der Waals surface area contributed by atoms with Crippen molar-refractivity contribution < 1.29 is 42.3 Å². The Labute approximate surface area is 382 Å². The first-order valence-corrected chi connectivity index (χ1v) is 21.9. The SMILES string of the molecule is N#Cc1ccnc(Nc2cc(C3CCN(C(=O)c4cncc(C(=O)NCCCCNC(=O)CNc5cccc6c5C(=O)N(C5CCC(=O)NC5=O)C6=O)c4)CC3)cc(N3CCC(F)(F)C3)n2)c1. The van der Waals surface area contributed by atoms with Crippen molar-refractivity contribution in [1.82, 2.24) is 40.7 Å². The van der Waals surface area contributed by atoms with Gasteiger partial charge in [-0.2, -0.15) is 5.26 Å². The second kappa shape index (κ2) is 19.7. The number of carbonyl (C=O) groups is 7. The lowest BCUT2D eigenvalue weighted by Gasteiger charge is -2.33. The highest BCUT2D eigenvalue weighted by Crippen LogP contribution is 2.36. The number of alkyl halides is 2. The summed E-state index contributed by atoms with van der Waals surface area (Å²) in [5.74, 6) is -5.26. The van der Waals surface area contributed by atoms with Crippen molar-refractivity contribution in [3.8, 4) is 6.07 Å². The number of amides is 7. The number of likely N-dealkylation sites (tertiary alicyclic amines) is 1. The van der Waals surface area contributed by atoms with Gasteiger partial charge in [0, 0.05) is 69.8 Å². The Bertz CT molecular complexity index is 2690. The third kappa shape index (κ3) is 10.5. The number of imide groups is 2. The topological polar surface area (TPSA) is 252 Å². The third-order valence-electron chi connectivity index (χ3n) is 12.1. The van der Waals surface area contributed by atoms with Crippen molar-refractivity contribution in [3.63, 3.8) is 0 Å². The number of carbonyl (C=O) groups excluding carboxylic acids is 7. The van der Waals surface area contributed by atoms with Crippen LogP contribution in [0.3, 0.4) is 0 Å². The van der Waals surface area contributed by atoms with Crippen LogP contribution in [-0.4, -0.2) is 124 Å². The summed E-state index contributed by atoms with van der Waals surface area (Å²) in [6.07, 6.45) is 6.24. The largest absolute Gasteiger partial charge is 0.375 e. The number of fused-ring (bicyclic) bond motifs is 1. The number of anilines is 4. The van der Waals surface area contributed by atoms with E-state index in [1.807, 2.05) is 12.1 Å². The Balaban J connectivity index is 0.779. The molecule has 3 aromatic heterocycles. The van der Waals surface area contributed by atoms with E-state index in [2.05, 4.69) is 47.6 Å². The van der Waals surface area contributed by atoms with E-state index >= 15 is 0 Å². The minimum Gasteiger partial charge on any atom is -0.375 e. The number of rotatable bonds is 15. The number of nitriles is 1. The summed E-state index contributed by atoms with van der Waals surface area (Å²) in [4.78, 5) is 107. The number of nitrogens with one attached hydrogen (secondary N) is 5. The molecule has 3 saturated heterocycles. The number of aromatic nitrogens is 3. The third-order valence-corrected chi connectivity index (χ3v) is 12.1. The second-order valence-corrected chi connectivity index (χ2v) is 16.7. The molecule has 4 aromatic rings. The molecule has 1 unspecified atom stereocenters. The zero-order valence-electron chi connectivity index (χ0n) is 36.1. The summed E-state index contributed by atoms with van der Waals surface area (Å²) in [6, 6.07) is 13.8. The number of hydrogen-bond acceptors (Lipinski definition) is 14. The van der Waals surface area contributed by atoms with Gasteiger partial charge in [-0.05, 0) is 86.1 Å². The lowest BCUT2D eigenvalue weighted by molar-refractivity contribution is -0.136. The molecule has 1 aromatic carbocycles. The predicted molar refractivity (Wildman–Crippen MR) is 237 cm³/mol. The Morgan fingerprint density at radius 2 is 1.67 bits per heavy atom. The number of benzene rings is 1. The maximum atomic E-state index is 14.2. The van der Waals surface area contributed by atoms with Crippen LogP contribution in [0.15, 0.2) is 67.1 Å². The molecule has 7 amide bonds. The molecular weight excluding hydrogens is 871 g/mol. The number of unbranched alkanes of at least 4 members (excludes halogenated alkanes) is 1. The molecule has 3 fully saturated rings. The smallest absolute Gasteiger partial charge is 0.266 e. The summed E-state index contributed by atoms with van der Waals surface area (Å²) in [7, 11) is 0. The van der Waals surface area contributed by atoms with Gasteiger partial charge >= 0.3 is 0 Å². The highest BCUT2D eigenvalue weighted by atomic mass is 19.3. The van der Waals surface area contributed by atoms with Crippen LogP contribution in [0.2, 0.25) is 0 Å². The zero-order chi connectivity index (χ0) is 47.2. The van der Waals surface area contributed by atoms with Gasteiger partial charge in [0.1, 0.15) is 23.5 Å². The Morgan fingerprint density at radius 3 is 2.42 bits per heavy atom. The van der Waals surface area contributed by atoms with E-state index in [9.17, 15) is 47.6 Å². The molecule has 4 aliphatic rings. The van der Waals surface area contributed by atoms with Gasteiger partial charge in [0.2, 0.25) is 17.7 Å². The molecule has 0 spiro atoms. The van der Waals surface area contributed by atoms with Gasteiger partial charge in [-0.1, -0.05) is 6.07 Å². The molecule has 0 aliphatic carbocycles. The molecule has 0 bridgehead atoms. The maximum absolute atomic E-state index is 14.2. The number of hydrogen-bond donors (Lipinski definition) is 5. The van der Waals surface area contributed by atoms with Crippen molar-refractivity contribution in [3.05, 3.63) is 101 Å². The lowest BCUT2D eigenvalue weighted by atomic mass is 9.89.